The zero-order valence-electron chi connectivity index (χ0n) is 15.7. The van der Waals surface area contributed by atoms with Crippen molar-refractivity contribution in [2.75, 3.05) is 40.4 Å². The quantitative estimate of drug-likeness (QED) is 0.794. The van der Waals surface area contributed by atoms with Crippen LogP contribution in [0.2, 0.25) is 0 Å². The van der Waals surface area contributed by atoms with Gasteiger partial charge in [0.2, 0.25) is 0 Å². The van der Waals surface area contributed by atoms with E-state index in [0.717, 1.165) is 30.6 Å². The highest BCUT2D eigenvalue weighted by molar-refractivity contribution is 5.77. The van der Waals surface area contributed by atoms with Crippen LogP contribution in [0.1, 0.15) is 24.8 Å². The molecule has 7 heteroatoms. The van der Waals surface area contributed by atoms with Crippen LogP contribution >= 0.6 is 0 Å². The number of likely N-dealkylation sites (N-methyl/N-ethyl adjacent to an activating group) is 1. The molecule has 0 saturated carbocycles. The molecule has 1 aliphatic heterocycles. The molecule has 0 aromatic heterocycles. The van der Waals surface area contributed by atoms with Crippen LogP contribution in [-0.2, 0) is 9.59 Å². The SMILES string of the molecule is COc1ccc(OCC(=O)N2CCCC(N(C)CC(=O)O)CC2)cc1C. The molecule has 26 heavy (non-hydrogen) atoms. The number of carboxylic acids is 1. The Bertz CT molecular complexity index is 634. The molecule has 0 bridgehead atoms. The van der Waals surface area contributed by atoms with E-state index in [2.05, 4.69) is 0 Å². The number of aliphatic carboxylic acids is 1. The van der Waals surface area contributed by atoms with Crippen LogP contribution in [0.3, 0.4) is 0 Å². The van der Waals surface area contributed by atoms with E-state index in [1.165, 1.54) is 0 Å². The fourth-order valence-electron chi connectivity index (χ4n) is 3.29. The van der Waals surface area contributed by atoms with Gasteiger partial charge in [0, 0.05) is 19.1 Å². The van der Waals surface area contributed by atoms with Crippen LogP contribution in [0, 0.1) is 6.92 Å². The number of aryl methyl sites for hydroxylation is 1. The van der Waals surface area contributed by atoms with E-state index in [9.17, 15) is 9.59 Å². The van der Waals surface area contributed by atoms with Crippen molar-refractivity contribution in [1.82, 2.24) is 9.80 Å². The van der Waals surface area contributed by atoms with Crippen molar-refractivity contribution in [3.05, 3.63) is 23.8 Å². The molecule has 1 unspecified atom stereocenters. The van der Waals surface area contributed by atoms with E-state index in [1.54, 1.807) is 13.2 Å². The fraction of sp³-hybridized carbons (Fsp3) is 0.579. The maximum absolute atomic E-state index is 12.5. The van der Waals surface area contributed by atoms with E-state index in [0.29, 0.717) is 18.8 Å². The Morgan fingerprint density at radius 3 is 2.73 bits per heavy atom. The van der Waals surface area contributed by atoms with Gasteiger partial charge < -0.3 is 19.5 Å². The number of carbonyl (C=O) groups excluding carboxylic acids is 1. The second-order valence-electron chi connectivity index (χ2n) is 6.69. The number of likely N-dealkylation sites (tertiary alicyclic amines) is 1. The Balaban J connectivity index is 1.84. The van der Waals surface area contributed by atoms with E-state index in [4.69, 9.17) is 14.6 Å². The molecule has 1 saturated heterocycles. The molecule has 144 valence electrons. The lowest BCUT2D eigenvalue weighted by Crippen LogP contribution is -2.38. The molecule has 1 fully saturated rings. The summed E-state index contributed by atoms with van der Waals surface area (Å²) >= 11 is 0. The van der Waals surface area contributed by atoms with E-state index >= 15 is 0 Å². The maximum Gasteiger partial charge on any atom is 0.317 e. The van der Waals surface area contributed by atoms with Gasteiger partial charge in [0.05, 0.1) is 13.7 Å². The lowest BCUT2D eigenvalue weighted by Gasteiger charge is -2.25. The second kappa shape index (κ2) is 9.43. The number of carboxylic acid groups (broad SMARTS) is 1. The van der Waals surface area contributed by atoms with Crippen LogP contribution < -0.4 is 9.47 Å². The topological polar surface area (TPSA) is 79.3 Å². The standard InChI is InChI=1S/C19H28N2O5/c1-14-11-16(6-7-17(14)25-3)26-13-18(22)21-9-4-5-15(8-10-21)20(2)12-19(23)24/h6-7,11,15H,4-5,8-10,12-13H2,1-3H3,(H,23,24). The summed E-state index contributed by atoms with van der Waals surface area (Å²) in [6.07, 6.45) is 2.53. The average Bonchev–Trinajstić information content (AvgIpc) is 2.85. The van der Waals surface area contributed by atoms with Crippen LogP contribution in [0.25, 0.3) is 0 Å². The van der Waals surface area contributed by atoms with Crippen molar-refractivity contribution < 1.29 is 24.2 Å². The number of amides is 1. The molecule has 7 nitrogen and oxygen atoms in total. The largest absolute Gasteiger partial charge is 0.496 e. The van der Waals surface area contributed by atoms with Crippen molar-refractivity contribution in [3.63, 3.8) is 0 Å². The number of rotatable bonds is 7. The highest BCUT2D eigenvalue weighted by atomic mass is 16.5. The zero-order chi connectivity index (χ0) is 19.1. The van der Waals surface area contributed by atoms with Gasteiger partial charge in [-0.05, 0) is 57.0 Å². The minimum Gasteiger partial charge on any atom is -0.496 e. The zero-order valence-corrected chi connectivity index (χ0v) is 15.7. The van der Waals surface area contributed by atoms with Gasteiger partial charge in [-0.3, -0.25) is 14.5 Å². The highest BCUT2D eigenvalue weighted by Crippen LogP contribution is 2.23. The van der Waals surface area contributed by atoms with Gasteiger partial charge in [-0.15, -0.1) is 0 Å². The predicted octanol–water partition coefficient (Wildman–Crippen LogP) is 1.78. The summed E-state index contributed by atoms with van der Waals surface area (Å²) in [5, 5.41) is 8.93. The third-order valence-electron chi connectivity index (χ3n) is 4.79. The van der Waals surface area contributed by atoms with Gasteiger partial charge in [-0.25, -0.2) is 0 Å². The number of methoxy groups -OCH3 is 1. The summed E-state index contributed by atoms with van der Waals surface area (Å²) in [6.45, 7) is 3.26. The molecular weight excluding hydrogens is 336 g/mol. The van der Waals surface area contributed by atoms with Gasteiger partial charge in [0.1, 0.15) is 11.5 Å². The van der Waals surface area contributed by atoms with Crippen LogP contribution in [-0.4, -0.2) is 73.2 Å². The summed E-state index contributed by atoms with van der Waals surface area (Å²) in [4.78, 5) is 27.0. The van der Waals surface area contributed by atoms with Gasteiger partial charge in [0.15, 0.2) is 6.61 Å². The molecule has 0 aliphatic carbocycles. The number of benzene rings is 1. The predicted molar refractivity (Wildman–Crippen MR) is 97.7 cm³/mol. The Morgan fingerprint density at radius 1 is 1.31 bits per heavy atom. The first kappa shape index (κ1) is 20.0. The molecule has 1 atom stereocenters. The number of ether oxygens (including phenoxy) is 2. The Kier molecular flexibility index (Phi) is 7.26. The third-order valence-corrected chi connectivity index (χ3v) is 4.79. The Labute approximate surface area is 154 Å². The molecule has 1 aromatic carbocycles. The molecule has 0 spiro atoms. The minimum absolute atomic E-state index is 0.00139. The summed E-state index contributed by atoms with van der Waals surface area (Å²) in [6, 6.07) is 5.66. The molecule has 2 rings (SSSR count). The molecule has 1 aromatic rings. The highest BCUT2D eigenvalue weighted by Gasteiger charge is 2.24. The van der Waals surface area contributed by atoms with Crippen molar-refractivity contribution in [1.29, 1.82) is 0 Å². The fourth-order valence-corrected chi connectivity index (χ4v) is 3.29. The summed E-state index contributed by atoms with van der Waals surface area (Å²) in [7, 11) is 3.44. The number of nitrogens with zero attached hydrogens (tertiary/aromatic N) is 2. The average molecular weight is 364 g/mol. The first-order chi connectivity index (χ1) is 12.4. The van der Waals surface area contributed by atoms with Crippen molar-refractivity contribution in [2.24, 2.45) is 0 Å². The molecule has 1 aliphatic rings. The number of hydrogen-bond acceptors (Lipinski definition) is 5. The lowest BCUT2D eigenvalue weighted by molar-refractivity contribution is -0.138. The summed E-state index contributed by atoms with van der Waals surface area (Å²) < 4.78 is 10.9. The van der Waals surface area contributed by atoms with E-state index < -0.39 is 5.97 Å². The first-order valence-corrected chi connectivity index (χ1v) is 8.88. The Hall–Kier alpha value is -2.28. The number of carbonyl (C=O) groups is 2. The number of hydrogen-bond donors (Lipinski definition) is 1. The van der Waals surface area contributed by atoms with Crippen LogP contribution in [0.4, 0.5) is 0 Å². The van der Waals surface area contributed by atoms with Gasteiger partial charge in [0.25, 0.3) is 5.91 Å². The molecular formula is C19H28N2O5. The smallest absolute Gasteiger partial charge is 0.317 e. The van der Waals surface area contributed by atoms with Crippen molar-refractivity contribution in [2.45, 2.75) is 32.2 Å². The molecule has 1 heterocycles. The van der Waals surface area contributed by atoms with Crippen LogP contribution in [0.5, 0.6) is 11.5 Å². The molecule has 0 radical (unpaired) electrons. The molecule has 1 N–H and O–H groups in total. The van der Waals surface area contributed by atoms with E-state index in [1.807, 2.05) is 35.9 Å². The van der Waals surface area contributed by atoms with E-state index in [-0.39, 0.29) is 25.1 Å². The van der Waals surface area contributed by atoms with Gasteiger partial charge in [-0.2, -0.15) is 0 Å². The summed E-state index contributed by atoms with van der Waals surface area (Å²) in [5.74, 6) is 0.561. The second-order valence-corrected chi connectivity index (χ2v) is 6.69. The van der Waals surface area contributed by atoms with Gasteiger partial charge >= 0.3 is 5.97 Å². The monoisotopic (exact) mass is 364 g/mol. The normalized spacial score (nSPS) is 17.7. The molecule has 1 amide bonds. The van der Waals surface area contributed by atoms with Crippen LogP contribution in [0.15, 0.2) is 18.2 Å². The Morgan fingerprint density at radius 2 is 2.08 bits per heavy atom. The minimum atomic E-state index is -0.826. The first-order valence-electron chi connectivity index (χ1n) is 8.88. The van der Waals surface area contributed by atoms with Crippen molar-refractivity contribution in [3.8, 4) is 11.5 Å². The maximum atomic E-state index is 12.5. The summed E-state index contributed by atoms with van der Waals surface area (Å²) in [5.41, 5.74) is 0.955. The van der Waals surface area contributed by atoms with Gasteiger partial charge in [-0.1, -0.05) is 0 Å². The van der Waals surface area contributed by atoms with Crippen molar-refractivity contribution >= 4 is 11.9 Å². The lowest BCUT2D eigenvalue weighted by atomic mass is 10.1. The third kappa shape index (κ3) is 5.62.